The first-order chi connectivity index (χ1) is 7.33. The number of hydrogen-bond acceptors (Lipinski definition) is 3. The van der Waals surface area contributed by atoms with Gasteiger partial charge in [0.1, 0.15) is 6.10 Å². The fraction of sp³-hybridized carbons (Fsp3) is 0.833. The molecule has 0 bridgehead atoms. The number of carbonyl (C=O) groups excluding carboxylic acids is 1. The van der Waals surface area contributed by atoms with Gasteiger partial charge in [-0.15, -0.1) is 0 Å². The van der Waals surface area contributed by atoms with E-state index in [-0.39, 0.29) is 6.10 Å². The highest BCUT2D eigenvalue weighted by Crippen LogP contribution is 2.21. The number of carbonyl (C=O) groups is 1. The van der Waals surface area contributed by atoms with E-state index in [4.69, 9.17) is 9.47 Å². The molecule has 1 aliphatic carbocycles. The predicted octanol–water partition coefficient (Wildman–Crippen LogP) is 3.48. The van der Waals surface area contributed by atoms with Gasteiger partial charge in [0.2, 0.25) is 0 Å². The van der Waals surface area contributed by atoms with Crippen molar-refractivity contribution < 1.29 is 14.3 Å². The Bertz CT molecular complexity index is 174. The molecule has 3 nitrogen and oxygen atoms in total. The molecule has 1 aliphatic rings. The standard InChI is InChI=1S/C12H21O3/c1-2-3-4-7-10-14-12(13)15-11-8-5-6-9-11/h11H,1-10H2. The van der Waals surface area contributed by atoms with Crippen LogP contribution < -0.4 is 0 Å². The lowest BCUT2D eigenvalue weighted by molar-refractivity contribution is 0.0249. The SMILES string of the molecule is [CH2]CCCCCOC(=O)OC1CCCC1. The fourth-order valence-electron chi connectivity index (χ4n) is 1.79. The maximum Gasteiger partial charge on any atom is 0.508 e. The lowest BCUT2D eigenvalue weighted by Crippen LogP contribution is -2.16. The Morgan fingerprint density at radius 3 is 2.60 bits per heavy atom. The van der Waals surface area contributed by atoms with Crippen molar-refractivity contribution in [1.82, 2.24) is 0 Å². The van der Waals surface area contributed by atoms with Crippen LogP contribution in [0.25, 0.3) is 0 Å². The molecular weight excluding hydrogens is 192 g/mol. The van der Waals surface area contributed by atoms with E-state index < -0.39 is 6.16 Å². The summed E-state index contributed by atoms with van der Waals surface area (Å²) in [4.78, 5) is 11.2. The van der Waals surface area contributed by atoms with E-state index in [1.54, 1.807) is 0 Å². The van der Waals surface area contributed by atoms with Crippen LogP contribution >= 0.6 is 0 Å². The zero-order valence-electron chi connectivity index (χ0n) is 9.37. The van der Waals surface area contributed by atoms with E-state index in [1.807, 2.05) is 0 Å². The molecule has 87 valence electrons. The molecule has 0 N–H and O–H groups in total. The zero-order valence-corrected chi connectivity index (χ0v) is 9.37. The summed E-state index contributed by atoms with van der Waals surface area (Å²) in [5.41, 5.74) is 0. The highest BCUT2D eigenvalue weighted by molar-refractivity contribution is 5.60. The van der Waals surface area contributed by atoms with Crippen LogP contribution in [0, 0.1) is 6.92 Å². The highest BCUT2D eigenvalue weighted by atomic mass is 16.7. The third-order valence-electron chi connectivity index (χ3n) is 2.68. The average Bonchev–Trinajstić information content (AvgIpc) is 2.70. The molecule has 0 aromatic rings. The third-order valence-corrected chi connectivity index (χ3v) is 2.68. The van der Waals surface area contributed by atoms with Crippen molar-refractivity contribution in [2.45, 2.75) is 57.5 Å². The summed E-state index contributed by atoms with van der Waals surface area (Å²) in [7, 11) is 0. The second-order valence-electron chi connectivity index (χ2n) is 4.04. The van der Waals surface area contributed by atoms with Gasteiger partial charge in [-0.2, -0.15) is 0 Å². The second kappa shape index (κ2) is 7.55. The quantitative estimate of drug-likeness (QED) is 0.500. The Balaban J connectivity index is 1.93. The van der Waals surface area contributed by atoms with E-state index in [0.29, 0.717) is 6.61 Å². The lowest BCUT2D eigenvalue weighted by atomic mass is 10.2. The van der Waals surface area contributed by atoms with Gasteiger partial charge in [-0.1, -0.05) is 26.2 Å². The van der Waals surface area contributed by atoms with E-state index in [0.717, 1.165) is 38.5 Å². The minimum absolute atomic E-state index is 0.109. The van der Waals surface area contributed by atoms with Crippen LogP contribution in [0.2, 0.25) is 0 Å². The van der Waals surface area contributed by atoms with Crippen molar-refractivity contribution in [3.05, 3.63) is 6.92 Å². The van der Waals surface area contributed by atoms with Crippen molar-refractivity contribution >= 4 is 6.16 Å². The summed E-state index contributed by atoms with van der Waals surface area (Å²) in [6, 6.07) is 0. The molecule has 0 saturated heterocycles. The summed E-state index contributed by atoms with van der Waals surface area (Å²) < 4.78 is 10.1. The zero-order chi connectivity index (χ0) is 10.9. The van der Waals surface area contributed by atoms with Crippen molar-refractivity contribution in [3.8, 4) is 0 Å². The average molecular weight is 213 g/mol. The normalized spacial score (nSPS) is 16.6. The van der Waals surface area contributed by atoms with Gasteiger partial charge in [-0.3, -0.25) is 0 Å². The molecular formula is C12H21O3. The van der Waals surface area contributed by atoms with Crippen LogP contribution in [-0.2, 0) is 9.47 Å². The van der Waals surface area contributed by atoms with Gasteiger partial charge in [-0.05, 0) is 32.1 Å². The first kappa shape index (κ1) is 12.3. The molecule has 1 radical (unpaired) electrons. The molecule has 0 heterocycles. The molecule has 3 heteroatoms. The van der Waals surface area contributed by atoms with Gasteiger partial charge in [0.05, 0.1) is 6.61 Å². The highest BCUT2D eigenvalue weighted by Gasteiger charge is 2.19. The second-order valence-corrected chi connectivity index (χ2v) is 4.04. The van der Waals surface area contributed by atoms with Crippen molar-refractivity contribution in [1.29, 1.82) is 0 Å². The Hall–Kier alpha value is -0.730. The predicted molar refractivity (Wildman–Crippen MR) is 58.5 cm³/mol. The monoisotopic (exact) mass is 213 g/mol. The van der Waals surface area contributed by atoms with E-state index >= 15 is 0 Å². The van der Waals surface area contributed by atoms with Gasteiger partial charge in [0, 0.05) is 0 Å². The Morgan fingerprint density at radius 2 is 1.93 bits per heavy atom. The first-order valence-electron chi connectivity index (χ1n) is 5.95. The Kier molecular flexibility index (Phi) is 6.21. The molecule has 0 aromatic carbocycles. The van der Waals surface area contributed by atoms with E-state index in [2.05, 4.69) is 6.92 Å². The number of rotatable bonds is 6. The van der Waals surface area contributed by atoms with Gasteiger partial charge in [0.15, 0.2) is 0 Å². The smallest absolute Gasteiger partial charge is 0.434 e. The van der Waals surface area contributed by atoms with E-state index in [9.17, 15) is 4.79 Å². The summed E-state index contributed by atoms with van der Waals surface area (Å²) >= 11 is 0. The molecule has 0 atom stereocenters. The number of ether oxygens (including phenoxy) is 2. The number of unbranched alkanes of at least 4 members (excludes halogenated alkanes) is 3. The van der Waals surface area contributed by atoms with Crippen molar-refractivity contribution in [2.24, 2.45) is 0 Å². The van der Waals surface area contributed by atoms with Crippen LogP contribution in [-0.4, -0.2) is 18.9 Å². The van der Waals surface area contributed by atoms with Crippen LogP contribution in [0.5, 0.6) is 0 Å². The maximum absolute atomic E-state index is 11.2. The van der Waals surface area contributed by atoms with Gasteiger partial charge >= 0.3 is 6.16 Å². The molecule has 0 spiro atoms. The molecule has 1 fully saturated rings. The van der Waals surface area contributed by atoms with Crippen molar-refractivity contribution in [3.63, 3.8) is 0 Å². The summed E-state index contributed by atoms with van der Waals surface area (Å²) in [6.07, 6.45) is 7.98. The molecule has 15 heavy (non-hydrogen) atoms. The van der Waals surface area contributed by atoms with Crippen LogP contribution in [0.4, 0.5) is 4.79 Å². The molecule has 0 amide bonds. The topological polar surface area (TPSA) is 35.5 Å². The van der Waals surface area contributed by atoms with Gasteiger partial charge in [-0.25, -0.2) is 4.79 Å². The third kappa shape index (κ3) is 5.65. The lowest BCUT2D eigenvalue weighted by Gasteiger charge is -2.11. The minimum atomic E-state index is -0.489. The molecule has 1 saturated carbocycles. The molecule has 0 unspecified atom stereocenters. The molecule has 0 aliphatic heterocycles. The maximum atomic E-state index is 11.2. The summed E-state index contributed by atoms with van der Waals surface area (Å²) in [5.74, 6) is 0. The van der Waals surface area contributed by atoms with Gasteiger partial charge < -0.3 is 9.47 Å². The number of hydrogen-bond donors (Lipinski definition) is 0. The van der Waals surface area contributed by atoms with Crippen molar-refractivity contribution in [2.75, 3.05) is 6.61 Å². The van der Waals surface area contributed by atoms with Crippen LogP contribution in [0.3, 0.4) is 0 Å². The van der Waals surface area contributed by atoms with Gasteiger partial charge in [0.25, 0.3) is 0 Å². The Morgan fingerprint density at radius 1 is 1.20 bits per heavy atom. The first-order valence-corrected chi connectivity index (χ1v) is 5.95. The van der Waals surface area contributed by atoms with Crippen LogP contribution in [0.15, 0.2) is 0 Å². The van der Waals surface area contributed by atoms with E-state index in [1.165, 1.54) is 12.8 Å². The summed E-state index contributed by atoms with van der Waals surface area (Å²) in [6.45, 7) is 4.23. The largest absolute Gasteiger partial charge is 0.508 e. The van der Waals surface area contributed by atoms with Crippen LogP contribution in [0.1, 0.15) is 51.4 Å². The molecule has 1 rings (SSSR count). The Labute approximate surface area is 92.1 Å². The summed E-state index contributed by atoms with van der Waals surface area (Å²) in [5, 5.41) is 0. The molecule has 0 aromatic heterocycles. The minimum Gasteiger partial charge on any atom is -0.434 e. The fourth-order valence-corrected chi connectivity index (χ4v) is 1.79.